The molecule has 0 radical (unpaired) electrons. The van der Waals surface area contributed by atoms with Crippen LogP contribution in [0.25, 0.3) is 0 Å². The topological polar surface area (TPSA) is 106 Å². The molecule has 0 bridgehead atoms. The van der Waals surface area contributed by atoms with Gasteiger partial charge in [-0.25, -0.2) is 8.42 Å². The van der Waals surface area contributed by atoms with E-state index in [1.54, 1.807) is 0 Å². The molecule has 0 aliphatic rings. The van der Waals surface area contributed by atoms with Crippen molar-refractivity contribution in [3.63, 3.8) is 0 Å². The Labute approximate surface area is 118 Å². The molecule has 1 aromatic carbocycles. The van der Waals surface area contributed by atoms with E-state index in [0.717, 1.165) is 0 Å². The van der Waals surface area contributed by atoms with Crippen LogP contribution in [0.1, 0.15) is 23.7 Å². The molecule has 0 saturated heterocycles. The average Bonchev–Trinajstić information content (AvgIpc) is 2.37. The zero-order chi connectivity index (χ0) is 15.3. The molecule has 0 aliphatic carbocycles. The summed E-state index contributed by atoms with van der Waals surface area (Å²) in [5.74, 6) is 1.64. The summed E-state index contributed by atoms with van der Waals surface area (Å²) in [5, 5.41) is 0. The molecule has 6 nitrogen and oxygen atoms in total. The van der Waals surface area contributed by atoms with Gasteiger partial charge in [-0.1, -0.05) is 12.8 Å². The number of hydrogen-bond donors (Lipinski definition) is 2. The SMILES string of the molecule is C#CCN(CCC)S(=O)(=O)c1ccc(C(N)=O)cc1N. The van der Waals surface area contributed by atoms with Gasteiger partial charge in [0.05, 0.1) is 12.2 Å². The number of carbonyl (C=O) groups excluding carboxylic acids is 1. The molecule has 0 heterocycles. The molecule has 4 N–H and O–H groups in total. The second kappa shape index (κ2) is 6.41. The van der Waals surface area contributed by atoms with Crippen LogP contribution in [0, 0.1) is 12.3 Å². The van der Waals surface area contributed by atoms with Crippen molar-refractivity contribution < 1.29 is 13.2 Å². The number of nitrogen functional groups attached to an aromatic ring is 1. The Bertz CT molecular complexity index is 647. The second-order valence-electron chi connectivity index (χ2n) is 4.16. The van der Waals surface area contributed by atoms with Gasteiger partial charge in [-0.2, -0.15) is 4.31 Å². The fraction of sp³-hybridized carbons (Fsp3) is 0.308. The van der Waals surface area contributed by atoms with Gasteiger partial charge in [-0.15, -0.1) is 6.42 Å². The van der Waals surface area contributed by atoms with Gasteiger partial charge in [0, 0.05) is 12.1 Å². The van der Waals surface area contributed by atoms with Crippen LogP contribution < -0.4 is 11.5 Å². The van der Waals surface area contributed by atoms with Gasteiger partial charge in [0.25, 0.3) is 0 Å². The summed E-state index contributed by atoms with van der Waals surface area (Å²) >= 11 is 0. The molecule has 0 spiro atoms. The zero-order valence-electron chi connectivity index (χ0n) is 11.2. The fourth-order valence-electron chi connectivity index (χ4n) is 1.71. The second-order valence-corrected chi connectivity index (χ2v) is 6.07. The Balaban J connectivity index is 3.27. The van der Waals surface area contributed by atoms with Crippen molar-refractivity contribution in [1.82, 2.24) is 4.31 Å². The van der Waals surface area contributed by atoms with Crippen LogP contribution in [0.4, 0.5) is 5.69 Å². The lowest BCUT2D eigenvalue weighted by Gasteiger charge is -2.20. The molecule has 7 heteroatoms. The summed E-state index contributed by atoms with van der Waals surface area (Å²) < 4.78 is 26.1. The Kier molecular flexibility index (Phi) is 5.13. The van der Waals surface area contributed by atoms with E-state index in [-0.39, 0.29) is 22.7 Å². The number of benzene rings is 1. The highest BCUT2D eigenvalue weighted by Crippen LogP contribution is 2.23. The van der Waals surface area contributed by atoms with Gasteiger partial charge in [0.2, 0.25) is 15.9 Å². The predicted molar refractivity (Wildman–Crippen MR) is 77.3 cm³/mol. The predicted octanol–water partition coefficient (Wildman–Crippen LogP) is 0.402. The van der Waals surface area contributed by atoms with Crippen LogP contribution in [-0.4, -0.2) is 31.7 Å². The van der Waals surface area contributed by atoms with Crippen molar-refractivity contribution in [1.29, 1.82) is 0 Å². The Morgan fingerprint density at radius 2 is 2.10 bits per heavy atom. The quantitative estimate of drug-likeness (QED) is 0.585. The molecular formula is C13H17N3O3S. The van der Waals surface area contributed by atoms with Crippen molar-refractivity contribution in [2.75, 3.05) is 18.8 Å². The van der Waals surface area contributed by atoms with Crippen LogP contribution in [0.2, 0.25) is 0 Å². The van der Waals surface area contributed by atoms with Crippen molar-refractivity contribution in [3.8, 4) is 12.3 Å². The van der Waals surface area contributed by atoms with Crippen LogP contribution in [-0.2, 0) is 10.0 Å². The maximum Gasteiger partial charge on any atom is 0.248 e. The molecule has 20 heavy (non-hydrogen) atoms. The summed E-state index contributed by atoms with van der Waals surface area (Å²) in [5.41, 5.74) is 11.0. The number of nitrogens with two attached hydrogens (primary N) is 2. The highest BCUT2D eigenvalue weighted by molar-refractivity contribution is 7.89. The minimum Gasteiger partial charge on any atom is -0.398 e. The third-order valence-corrected chi connectivity index (χ3v) is 4.57. The standard InChI is InChI=1S/C13H17N3O3S/c1-3-7-16(8-4-2)20(18,19)12-6-5-10(13(15)17)9-11(12)14/h1,5-6,9H,4,7-8,14H2,2H3,(H2,15,17). The lowest BCUT2D eigenvalue weighted by molar-refractivity contribution is 0.1000. The lowest BCUT2D eigenvalue weighted by Crippen LogP contribution is -2.32. The summed E-state index contributed by atoms with van der Waals surface area (Å²) in [4.78, 5) is 11.0. The van der Waals surface area contributed by atoms with Gasteiger partial charge in [-0.3, -0.25) is 4.79 Å². The Hall–Kier alpha value is -2.04. The summed E-state index contributed by atoms with van der Waals surface area (Å²) in [6, 6.07) is 3.84. The van der Waals surface area contributed by atoms with E-state index in [9.17, 15) is 13.2 Å². The van der Waals surface area contributed by atoms with Crippen LogP contribution in [0.5, 0.6) is 0 Å². The van der Waals surface area contributed by atoms with Crippen molar-refractivity contribution >= 4 is 21.6 Å². The lowest BCUT2D eigenvalue weighted by atomic mass is 10.2. The van der Waals surface area contributed by atoms with Gasteiger partial charge < -0.3 is 11.5 Å². The first-order valence-electron chi connectivity index (χ1n) is 5.97. The molecule has 1 rings (SSSR count). The van der Waals surface area contributed by atoms with E-state index in [1.165, 1.54) is 22.5 Å². The third-order valence-electron chi connectivity index (χ3n) is 2.65. The maximum atomic E-state index is 12.4. The van der Waals surface area contributed by atoms with E-state index >= 15 is 0 Å². The number of primary amides is 1. The van der Waals surface area contributed by atoms with E-state index in [0.29, 0.717) is 13.0 Å². The van der Waals surface area contributed by atoms with Crippen LogP contribution in [0.3, 0.4) is 0 Å². The zero-order valence-corrected chi connectivity index (χ0v) is 12.0. The highest BCUT2D eigenvalue weighted by atomic mass is 32.2. The molecule has 0 fully saturated rings. The third kappa shape index (κ3) is 3.29. The Morgan fingerprint density at radius 3 is 2.55 bits per heavy atom. The largest absolute Gasteiger partial charge is 0.398 e. The molecule has 1 aromatic rings. The first kappa shape index (κ1) is 16.0. The normalized spacial score (nSPS) is 11.2. The molecule has 108 valence electrons. The van der Waals surface area contributed by atoms with Gasteiger partial charge >= 0.3 is 0 Å². The molecule has 0 aliphatic heterocycles. The molecule has 0 saturated carbocycles. The van der Waals surface area contributed by atoms with Crippen molar-refractivity contribution in [2.45, 2.75) is 18.2 Å². The number of hydrogen-bond acceptors (Lipinski definition) is 4. The first-order chi connectivity index (χ1) is 9.34. The van der Waals surface area contributed by atoms with E-state index < -0.39 is 15.9 Å². The number of rotatable bonds is 6. The number of anilines is 1. The summed E-state index contributed by atoms with van der Waals surface area (Å²) in [6.45, 7) is 2.11. The fourth-order valence-corrected chi connectivity index (χ4v) is 3.25. The number of terminal acetylenes is 1. The molecule has 0 atom stereocenters. The number of nitrogens with zero attached hydrogens (tertiary/aromatic N) is 1. The minimum absolute atomic E-state index is 0.0283. The maximum absolute atomic E-state index is 12.4. The molecule has 0 unspecified atom stereocenters. The summed E-state index contributed by atoms with van der Waals surface area (Å²) in [7, 11) is -3.78. The Morgan fingerprint density at radius 1 is 1.45 bits per heavy atom. The van der Waals surface area contributed by atoms with Crippen LogP contribution in [0.15, 0.2) is 23.1 Å². The molecular weight excluding hydrogens is 278 g/mol. The minimum atomic E-state index is -3.78. The van der Waals surface area contributed by atoms with E-state index in [4.69, 9.17) is 17.9 Å². The first-order valence-corrected chi connectivity index (χ1v) is 7.41. The summed E-state index contributed by atoms with van der Waals surface area (Å²) in [6.07, 6.45) is 5.81. The van der Waals surface area contributed by atoms with Gasteiger partial charge in [0.15, 0.2) is 0 Å². The number of carbonyl (C=O) groups is 1. The number of amides is 1. The highest BCUT2D eigenvalue weighted by Gasteiger charge is 2.25. The molecule has 1 amide bonds. The van der Waals surface area contributed by atoms with Gasteiger partial charge in [0.1, 0.15) is 4.90 Å². The van der Waals surface area contributed by atoms with Crippen LogP contribution >= 0.6 is 0 Å². The smallest absolute Gasteiger partial charge is 0.248 e. The van der Waals surface area contributed by atoms with E-state index in [2.05, 4.69) is 5.92 Å². The monoisotopic (exact) mass is 295 g/mol. The van der Waals surface area contributed by atoms with E-state index in [1.807, 2.05) is 6.92 Å². The van der Waals surface area contributed by atoms with Crippen molar-refractivity contribution in [3.05, 3.63) is 23.8 Å². The van der Waals surface area contributed by atoms with Crippen molar-refractivity contribution in [2.24, 2.45) is 5.73 Å². The number of sulfonamides is 1. The average molecular weight is 295 g/mol. The molecule has 0 aromatic heterocycles. The van der Waals surface area contributed by atoms with Gasteiger partial charge in [-0.05, 0) is 24.6 Å².